The molecule has 0 saturated heterocycles. The molecule has 4 nitrogen and oxygen atoms in total. The number of esters is 1. The lowest BCUT2D eigenvalue weighted by Gasteiger charge is -2.18. The maximum atomic E-state index is 12.6. The predicted octanol–water partition coefficient (Wildman–Crippen LogP) is 12.9. The van der Waals surface area contributed by atoms with Crippen LogP contribution in [0.1, 0.15) is 226 Å². The number of hydrogen-bond acceptors (Lipinski definition) is 3. The molecule has 0 radical (unpaired) electrons. The molecule has 0 aliphatic rings. The second kappa shape index (κ2) is 34.4. The first-order chi connectivity index (χ1) is 20.6. The lowest BCUT2D eigenvalue weighted by Crippen LogP contribution is -2.18. The molecule has 0 aromatic rings. The van der Waals surface area contributed by atoms with Gasteiger partial charge in [0.1, 0.15) is 6.10 Å². The quantitative estimate of drug-likeness (QED) is 0.0585. The van der Waals surface area contributed by atoms with E-state index >= 15 is 0 Å². The van der Waals surface area contributed by atoms with Crippen molar-refractivity contribution < 1.29 is 19.4 Å². The van der Waals surface area contributed by atoms with Crippen molar-refractivity contribution in [2.24, 2.45) is 0 Å². The predicted molar refractivity (Wildman–Crippen MR) is 181 cm³/mol. The van der Waals surface area contributed by atoms with Crippen molar-refractivity contribution in [3.8, 4) is 0 Å². The van der Waals surface area contributed by atoms with E-state index in [1.807, 2.05) is 0 Å². The molecule has 42 heavy (non-hydrogen) atoms. The zero-order chi connectivity index (χ0) is 30.8. The van der Waals surface area contributed by atoms with Gasteiger partial charge in [-0.25, -0.2) is 0 Å². The Labute approximate surface area is 262 Å². The van der Waals surface area contributed by atoms with E-state index in [0.29, 0.717) is 12.8 Å². The summed E-state index contributed by atoms with van der Waals surface area (Å²) in [5, 5.41) is 8.73. The minimum absolute atomic E-state index is 0.0212. The van der Waals surface area contributed by atoms with Crippen LogP contribution in [-0.2, 0) is 14.3 Å². The van der Waals surface area contributed by atoms with Gasteiger partial charge in [-0.15, -0.1) is 0 Å². The van der Waals surface area contributed by atoms with Crippen LogP contribution in [-0.4, -0.2) is 23.1 Å². The Kier molecular flexibility index (Phi) is 33.6. The largest absolute Gasteiger partial charge is 0.481 e. The average Bonchev–Trinajstić information content (AvgIpc) is 2.97. The molecule has 0 heterocycles. The van der Waals surface area contributed by atoms with E-state index in [9.17, 15) is 9.59 Å². The van der Waals surface area contributed by atoms with E-state index in [1.165, 1.54) is 148 Å². The highest BCUT2D eigenvalue weighted by Gasteiger charge is 2.14. The molecule has 250 valence electrons. The van der Waals surface area contributed by atoms with Crippen LogP contribution >= 0.6 is 0 Å². The summed E-state index contributed by atoms with van der Waals surface area (Å²) in [5.74, 6) is -0.664. The Morgan fingerprint density at radius 1 is 0.429 bits per heavy atom. The van der Waals surface area contributed by atoms with Crippen LogP contribution in [0.5, 0.6) is 0 Å². The fourth-order valence-corrected chi connectivity index (χ4v) is 6.01. The van der Waals surface area contributed by atoms with E-state index in [4.69, 9.17) is 9.84 Å². The van der Waals surface area contributed by atoms with E-state index in [0.717, 1.165) is 51.4 Å². The zero-order valence-corrected chi connectivity index (χ0v) is 28.6. The van der Waals surface area contributed by atoms with Gasteiger partial charge in [0.15, 0.2) is 0 Å². The Morgan fingerprint density at radius 2 is 0.714 bits per heavy atom. The summed E-state index contributed by atoms with van der Waals surface area (Å²) in [4.78, 5) is 23.2. The summed E-state index contributed by atoms with van der Waals surface area (Å²) in [5.41, 5.74) is 0. The second-order valence-corrected chi connectivity index (χ2v) is 13.1. The maximum Gasteiger partial charge on any atom is 0.306 e. The van der Waals surface area contributed by atoms with Crippen molar-refractivity contribution in [1.82, 2.24) is 0 Å². The van der Waals surface area contributed by atoms with Gasteiger partial charge < -0.3 is 9.84 Å². The smallest absolute Gasteiger partial charge is 0.306 e. The number of ether oxygens (including phenoxy) is 1. The normalized spacial score (nSPS) is 12.0. The lowest BCUT2D eigenvalue weighted by molar-refractivity contribution is -0.150. The second-order valence-electron chi connectivity index (χ2n) is 13.1. The van der Waals surface area contributed by atoms with Crippen molar-refractivity contribution >= 4 is 11.9 Å². The first-order valence-electron chi connectivity index (χ1n) is 19.0. The SMILES string of the molecule is CCCCCCCCCCCCCCCCCCCC(=O)OC(CCCCCCC)CCCCCCCCCC(=O)O. The molecule has 0 aromatic carbocycles. The molecule has 0 aliphatic heterocycles. The van der Waals surface area contributed by atoms with Crippen LogP contribution in [0.15, 0.2) is 0 Å². The fourth-order valence-electron chi connectivity index (χ4n) is 6.01. The Balaban J connectivity index is 3.78. The van der Waals surface area contributed by atoms with Gasteiger partial charge in [-0.2, -0.15) is 0 Å². The van der Waals surface area contributed by atoms with E-state index in [-0.39, 0.29) is 12.1 Å². The Morgan fingerprint density at radius 3 is 1.05 bits per heavy atom. The Bertz CT molecular complexity index is 561. The monoisotopic (exact) mass is 595 g/mol. The molecule has 0 saturated carbocycles. The Hall–Kier alpha value is -1.06. The van der Waals surface area contributed by atoms with Gasteiger partial charge in [0.05, 0.1) is 0 Å². The van der Waals surface area contributed by atoms with E-state index in [1.54, 1.807) is 0 Å². The van der Waals surface area contributed by atoms with Crippen LogP contribution in [0, 0.1) is 0 Å². The molecular weight excluding hydrogens is 520 g/mol. The summed E-state index contributed by atoms with van der Waals surface area (Å²) >= 11 is 0. The maximum absolute atomic E-state index is 12.6. The third-order valence-corrected chi connectivity index (χ3v) is 8.83. The van der Waals surface area contributed by atoms with Crippen molar-refractivity contribution in [2.75, 3.05) is 0 Å². The molecule has 0 fully saturated rings. The highest BCUT2D eigenvalue weighted by atomic mass is 16.5. The van der Waals surface area contributed by atoms with Gasteiger partial charge >= 0.3 is 11.9 Å². The lowest BCUT2D eigenvalue weighted by atomic mass is 10.0. The van der Waals surface area contributed by atoms with Crippen LogP contribution in [0.4, 0.5) is 0 Å². The van der Waals surface area contributed by atoms with Crippen LogP contribution in [0.3, 0.4) is 0 Å². The number of aliphatic carboxylic acids is 1. The summed E-state index contributed by atoms with van der Waals surface area (Å²) in [6.45, 7) is 4.53. The number of unbranched alkanes of at least 4 members (excludes halogenated alkanes) is 26. The molecule has 1 unspecified atom stereocenters. The number of carbonyl (C=O) groups is 2. The van der Waals surface area contributed by atoms with Crippen LogP contribution in [0.25, 0.3) is 0 Å². The van der Waals surface area contributed by atoms with Gasteiger partial charge in [-0.3, -0.25) is 9.59 Å². The standard InChI is InChI=1S/C38H74O4/c1-3-5-7-9-10-11-12-13-14-15-16-17-18-19-23-27-31-35-38(41)42-36(32-28-24-8-6-4-2)33-29-25-21-20-22-26-30-34-37(39)40/h36H,3-35H2,1-2H3,(H,39,40). The number of rotatable bonds is 35. The van der Waals surface area contributed by atoms with E-state index < -0.39 is 5.97 Å². The molecule has 0 spiro atoms. The van der Waals surface area contributed by atoms with Crippen LogP contribution in [0.2, 0.25) is 0 Å². The van der Waals surface area contributed by atoms with Crippen molar-refractivity contribution in [2.45, 2.75) is 232 Å². The molecule has 0 aliphatic carbocycles. The van der Waals surface area contributed by atoms with Crippen molar-refractivity contribution in [3.05, 3.63) is 0 Å². The third kappa shape index (κ3) is 33.4. The molecule has 0 bridgehead atoms. The first kappa shape index (κ1) is 40.9. The number of hydrogen-bond donors (Lipinski definition) is 1. The highest BCUT2D eigenvalue weighted by molar-refractivity contribution is 5.69. The molecule has 4 heteroatoms. The number of carbonyl (C=O) groups excluding carboxylic acids is 1. The van der Waals surface area contributed by atoms with E-state index in [2.05, 4.69) is 13.8 Å². The minimum atomic E-state index is -0.685. The average molecular weight is 595 g/mol. The third-order valence-electron chi connectivity index (χ3n) is 8.83. The van der Waals surface area contributed by atoms with Crippen LogP contribution < -0.4 is 0 Å². The fraction of sp³-hybridized carbons (Fsp3) is 0.947. The topological polar surface area (TPSA) is 63.6 Å². The van der Waals surface area contributed by atoms with Gasteiger partial charge in [0.25, 0.3) is 0 Å². The zero-order valence-electron chi connectivity index (χ0n) is 28.6. The van der Waals surface area contributed by atoms with Crippen molar-refractivity contribution in [3.63, 3.8) is 0 Å². The van der Waals surface area contributed by atoms with Gasteiger partial charge in [0.2, 0.25) is 0 Å². The minimum Gasteiger partial charge on any atom is -0.481 e. The molecule has 1 N–H and O–H groups in total. The summed E-state index contributed by atoms with van der Waals surface area (Å²) < 4.78 is 5.97. The first-order valence-corrected chi connectivity index (χ1v) is 19.0. The highest BCUT2D eigenvalue weighted by Crippen LogP contribution is 2.19. The van der Waals surface area contributed by atoms with Gasteiger partial charge in [0, 0.05) is 12.8 Å². The molecule has 0 amide bonds. The number of carboxylic acids is 1. The summed E-state index contributed by atoms with van der Waals surface area (Å²) in [6.07, 6.45) is 39.9. The molecular formula is C38H74O4. The molecule has 0 rings (SSSR count). The van der Waals surface area contributed by atoms with Gasteiger partial charge in [-0.1, -0.05) is 174 Å². The summed E-state index contributed by atoms with van der Waals surface area (Å²) in [7, 11) is 0. The summed E-state index contributed by atoms with van der Waals surface area (Å²) in [6, 6.07) is 0. The van der Waals surface area contributed by atoms with Crippen molar-refractivity contribution in [1.29, 1.82) is 0 Å². The number of carboxylic acid groups (broad SMARTS) is 1. The van der Waals surface area contributed by atoms with Gasteiger partial charge in [-0.05, 0) is 38.5 Å². The molecule has 1 atom stereocenters. The molecule has 0 aromatic heterocycles.